The second-order valence-corrected chi connectivity index (χ2v) is 10.0. The van der Waals surface area contributed by atoms with Gasteiger partial charge in [0.05, 0.1) is 23.4 Å². The predicted molar refractivity (Wildman–Crippen MR) is 142 cm³/mol. The molecule has 1 aromatic heterocycles. The van der Waals surface area contributed by atoms with E-state index in [0.717, 1.165) is 48.4 Å². The normalized spacial score (nSPS) is 19.1. The maximum atomic E-state index is 12.9. The van der Waals surface area contributed by atoms with Crippen LogP contribution < -0.4 is 11.1 Å². The van der Waals surface area contributed by atoms with Crippen molar-refractivity contribution in [2.75, 3.05) is 11.9 Å². The van der Waals surface area contributed by atoms with Gasteiger partial charge in [-0.25, -0.2) is 0 Å². The Kier molecular flexibility index (Phi) is 7.35. The van der Waals surface area contributed by atoms with Crippen molar-refractivity contribution in [2.45, 2.75) is 50.6 Å². The van der Waals surface area contributed by atoms with Crippen molar-refractivity contribution in [3.63, 3.8) is 0 Å². The highest BCUT2D eigenvalue weighted by Crippen LogP contribution is 2.40. The molecule has 9 nitrogen and oxygen atoms in total. The molecule has 2 aliphatic rings. The number of aldehydes is 1. The first-order chi connectivity index (χ1) is 18.5. The molecule has 2 aromatic carbocycles. The van der Waals surface area contributed by atoms with Gasteiger partial charge in [0.2, 0.25) is 5.91 Å². The number of hydrogen-bond acceptors (Lipinski definition) is 6. The van der Waals surface area contributed by atoms with Crippen molar-refractivity contribution < 1.29 is 19.2 Å². The van der Waals surface area contributed by atoms with E-state index < -0.39 is 23.8 Å². The summed E-state index contributed by atoms with van der Waals surface area (Å²) >= 11 is 0. The minimum atomic E-state index is -1.14. The molecule has 5 rings (SSSR count). The first-order valence-corrected chi connectivity index (χ1v) is 13.0. The molecule has 0 radical (unpaired) electrons. The Morgan fingerprint density at radius 3 is 2.58 bits per heavy atom. The Labute approximate surface area is 221 Å². The van der Waals surface area contributed by atoms with Crippen molar-refractivity contribution in [3.05, 3.63) is 72.1 Å². The van der Waals surface area contributed by atoms with Gasteiger partial charge in [-0.05, 0) is 61.8 Å². The van der Waals surface area contributed by atoms with Gasteiger partial charge >= 0.3 is 0 Å². The number of primary amides is 1. The Hall–Kier alpha value is -4.27. The van der Waals surface area contributed by atoms with Crippen molar-refractivity contribution in [1.82, 2.24) is 14.7 Å². The van der Waals surface area contributed by atoms with Crippen molar-refractivity contribution in [1.29, 1.82) is 0 Å². The third-order valence-electron chi connectivity index (χ3n) is 7.53. The molecule has 3 aromatic rings. The minimum absolute atomic E-state index is 0.0199. The molecule has 2 heterocycles. The SMILES string of the molecule is NC(=O)C(CCC=O)N1C(=O)c2ccc(NCCCC3CC(n4cc(-c5ccccc5)cn4)C3)cc2C1=O. The number of amides is 3. The number of rotatable bonds is 12. The van der Waals surface area contributed by atoms with Gasteiger partial charge < -0.3 is 15.8 Å². The highest BCUT2D eigenvalue weighted by atomic mass is 16.2. The van der Waals surface area contributed by atoms with E-state index in [1.807, 2.05) is 24.4 Å². The number of nitrogens with two attached hydrogens (primary N) is 1. The maximum absolute atomic E-state index is 12.9. The number of carbonyl (C=O) groups excluding carboxylic acids is 4. The minimum Gasteiger partial charge on any atom is -0.385 e. The van der Waals surface area contributed by atoms with E-state index in [-0.39, 0.29) is 24.0 Å². The summed E-state index contributed by atoms with van der Waals surface area (Å²) in [6.07, 6.45) is 9.07. The van der Waals surface area contributed by atoms with E-state index in [1.54, 1.807) is 18.2 Å². The molecule has 3 amide bonds. The fraction of sp³-hybridized carbons (Fsp3) is 0.345. The topological polar surface area (TPSA) is 127 Å². The van der Waals surface area contributed by atoms with Gasteiger partial charge in [-0.15, -0.1) is 0 Å². The highest BCUT2D eigenvalue weighted by molar-refractivity contribution is 6.23. The Balaban J connectivity index is 1.09. The Morgan fingerprint density at radius 2 is 1.84 bits per heavy atom. The summed E-state index contributed by atoms with van der Waals surface area (Å²) < 4.78 is 2.09. The summed E-state index contributed by atoms with van der Waals surface area (Å²) in [6.45, 7) is 0.745. The van der Waals surface area contributed by atoms with E-state index in [2.05, 4.69) is 33.4 Å². The summed E-state index contributed by atoms with van der Waals surface area (Å²) in [5.41, 5.74) is 8.96. The van der Waals surface area contributed by atoms with Crippen LogP contribution in [0, 0.1) is 5.92 Å². The summed E-state index contributed by atoms with van der Waals surface area (Å²) in [6, 6.07) is 14.6. The average Bonchev–Trinajstić information content (AvgIpc) is 3.47. The molecule has 0 spiro atoms. The first-order valence-electron chi connectivity index (χ1n) is 13.0. The number of nitrogens with one attached hydrogen (secondary N) is 1. The van der Waals surface area contributed by atoms with E-state index in [1.165, 1.54) is 5.56 Å². The molecule has 1 unspecified atom stereocenters. The molecule has 9 heteroatoms. The van der Waals surface area contributed by atoms with E-state index in [0.29, 0.717) is 18.2 Å². The number of anilines is 1. The molecule has 1 atom stereocenters. The number of nitrogens with zero attached hydrogens (tertiary/aromatic N) is 3. The maximum Gasteiger partial charge on any atom is 0.262 e. The zero-order valence-electron chi connectivity index (χ0n) is 21.1. The molecule has 1 saturated carbocycles. The lowest BCUT2D eigenvalue weighted by atomic mass is 9.77. The smallest absolute Gasteiger partial charge is 0.262 e. The van der Waals surface area contributed by atoms with Crippen molar-refractivity contribution in [3.8, 4) is 11.1 Å². The Bertz CT molecular complexity index is 1350. The van der Waals surface area contributed by atoms with Gasteiger partial charge in [-0.3, -0.25) is 24.0 Å². The van der Waals surface area contributed by atoms with Gasteiger partial charge in [0, 0.05) is 30.4 Å². The van der Waals surface area contributed by atoms with E-state index in [9.17, 15) is 19.2 Å². The number of aromatic nitrogens is 2. The lowest BCUT2D eigenvalue weighted by Crippen LogP contribution is -2.47. The number of hydrogen-bond donors (Lipinski definition) is 2. The molecule has 196 valence electrons. The van der Waals surface area contributed by atoms with Crippen LogP contribution in [0.15, 0.2) is 60.9 Å². The monoisotopic (exact) mass is 513 g/mol. The second-order valence-electron chi connectivity index (χ2n) is 10.0. The lowest BCUT2D eigenvalue weighted by molar-refractivity contribution is -0.122. The van der Waals surface area contributed by atoms with Gasteiger partial charge in [0.25, 0.3) is 11.8 Å². The molecule has 0 saturated heterocycles. The third kappa shape index (κ3) is 5.09. The third-order valence-corrected chi connectivity index (χ3v) is 7.53. The fourth-order valence-electron chi connectivity index (χ4n) is 5.37. The molecule has 1 aliphatic heterocycles. The van der Waals surface area contributed by atoms with Crippen LogP contribution in [0.2, 0.25) is 0 Å². The van der Waals surface area contributed by atoms with Crippen LogP contribution in [0.1, 0.15) is 65.3 Å². The summed E-state index contributed by atoms with van der Waals surface area (Å²) in [5.74, 6) is -1.25. The molecular formula is C29H31N5O4. The number of imide groups is 1. The largest absolute Gasteiger partial charge is 0.385 e. The van der Waals surface area contributed by atoms with Crippen LogP contribution in [0.5, 0.6) is 0 Å². The number of benzene rings is 2. The van der Waals surface area contributed by atoms with Gasteiger partial charge in [-0.2, -0.15) is 5.10 Å². The van der Waals surface area contributed by atoms with Gasteiger partial charge in [0.15, 0.2) is 0 Å². The van der Waals surface area contributed by atoms with E-state index >= 15 is 0 Å². The van der Waals surface area contributed by atoms with Crippen LogP contribution in [-0.4, -0.2) is 51.3 Å². The fourth-order valence-corrected chi connectivity index (χ4v) is 5.37. The quantitative estimate of drug-likeness (QED) is 0.215. The first kappa shape index (κ1) is 25.4. The van der Waals surface area contributed by atoms with Crippen LogP contribution >= 0.6 is 0 Å². The number of fused-ring (bicyclic) bond motifs is 1. The summed E-state index contributed by atoms with van der Waals surface area (Å²) in [5, 5.41) is 7.92. The van der Waals surface area contributed by atoms with Crippen LogP contribution in [0.25, 0.3) is 11.1 Å². The Morgan fingerprint density at radius 1 is 1.08 bits per heavy atom. The highest BCUT2D eigenvalue weighted by Gasteiger charge is 2.42. The molecule has 1 aliphatic carbocycles. The second kappa shape index (κ2) is 11.0. The number of carbonyl (C=O) groups is 4. The van der Waals surface area contributed by atoms with Crippen molar-refractivity contribution in [2.24, 2.45) is 11.7 Å². The van der Waals surface area contributed by atoms with Crippen molar-refractivity contribution >= 4 is 29.7 Å². The van der Waals surface area contributed by atoms with E-state index in [4.69, 9.17) is 5.73 Å². The molecule has 3 N–H and O–H groups in total. The zero-order chi connectivity index (χ0) is 26.6. The van der Waals surface area contributed by atoms with Crippen LogP contribution in [0.3, 0.4) is 0 Å². The zero-order valence-corrected chi connectivity index (χ0v) is 21.1. The lowest BCUT2D eigenvalue weighted by Gasteiger charge is -2.35. The van der Waals surface area contributed by atoms with Crippen LogP contribution in [0.4, 0.5) is 5.69 Å². The summed E-state index contributed by atoms with van der Waals surface area (Å²) in [7, 11) is 0. The summed E-state index contributed by atoms with van der Waals surface area (Å²) in [4.78, 5) is 49.2. The standard InChI is InChI=1S/C29H31N5O4/c30-27(36)26(9-5-13-35)34-28(37)24-11-10-22(16-25(24)29(34)38)31-12-4-6-19-14-23(15-19)33-18-21(17-32-33)20-7-2-1-3-8-20/h1-3,7-8,10-11,13,16-19,23,26,31H,4-6,9,12,14-15H2,(H2,30,36). The van der Waals surface area contributed by atoms with Crippen LogP contribution in [-0.2, 0) is 9.59 Å². The van der Waals surface area contributed by atoms with Gasteiger partial charge in [-0.1, -0.05) is 30.3 Å². The molecule has 0 bridgehead atoms. The van der Waals surface area contributed by atoms with Gasteiger partial charge in [0.1, 0.15) is 12.3 Å². The average molecular weight is 514 g/mol. The molecule has 1 fully saturated rings. The molecular weight excluding hydrogens is 482 g/mol. The molecule has 38 heavy (non-hydrogen) atoms. The predicted octanol–water partition coefficient (Wildman–Crippen LogP) is 3.82.